The molecule has 0 saturated carbocycles. The van der Waals surface area contributed by atoms with Gasteiger partial charge in [0.2, 0.25) is 5.91 Å². The van der Waals surface area contributed by atoms with Gasteiger partial charge in [0, 0.05) is 19.7 Å². The van der Waals surface area contributed by atoms with E-state index in [1.807, 2.05) is 13.8 Å². The van der Waals surface area contributed by atoms with Crippen molar-refractivity contribution >= 4 is 11.8 Å². The Morgan fingerprint density at radius 1 is 1.29 bits per heavy atom. The monoisotopic (exact) mass is 294 g/mol. The molecular weight excluding hydrogens is 271 g/mol. The number of aryl methyl sites for hydroxylation is 1. The number of nitrogens with one attached hydrogen (secondary N) is 1. The molecule has 1 aromatic rings. The first-order chi connectivity index (χ1) is 9.72. The molecule has 0 fully saturated rings. The fraction of sp³-hybridized carbons (Fsp3) is 0.500. The van der Waals surface area contributed by atoms with Gasteiger partial charge in [-0.3, -0.25) is 9.59 Å². The molecule has 0 bridgehead atoms. The number of carbonyl (C=O) groups is 2. The molecule has 5 heteroatoms. The molecule has 0 unspecified atom stereocenters. The molecule has 0 aliphatic carbocycles. The molecule has 1 rings (SSSR count). The highest BCUT2D eigenvalue weighted by molar-refractivity contribution is 5.97. The number of benzene rings is 1. The third-order valence-electron chi connectivity index (χ3n) is 3.19. The van der Waals surface area contributed by atoms with Crippen molar-refractivity contribution in [2.45, 2.75) is 33.2 Å². The summed E-state index contributed by atoms with van der Waals surface area (Å²) in [4.78, 5) is 25.7. The lowest BCUT2D eigenvalue weighted by Gasteiger charge is -2.23. The Morgan fingerprint density at radius 2 is 1.90 bits per heavy atom. The van der Waals surface area contributed by atoms with Crippen LogP contribution in [0, 0.1) is 18.7 Å². The van der Waals surface area contributed by atoms with E-state index in [9.17, 15) is 14.0 Å². The fourth-order valence-corrected chi connectivity index (χ4v) is 1.98. The molecule has 116 valence electrons. The van der Waals surface area contributed by atoms with Gasteiger partial charge < -0.3 is 10.2 Å². The number of rotatable bonds is 5. The molecular formula is C16H23FN2O2. The molecule has 1 atom stereocenters. The zero-order valence-electron chi connectivity index (χ0n) is 13.2. The fourth-order valence-electron chi connectivity index (χ4n) is 1.98. The van der Waals surface area contributed by atoms with Gasteiger partial charge in [0.25, 0.3) is 5.91 Å². The first-order valence-electron chi connectivity index (χ1n) is 7.00. The van der Waals surface area contributed by atoms with Crippen molar-refractivity contribution in [1.82, 2.24) is 10.2 Å². The van der Waals surface area contributed by atoms with Crippen molar-refractivity contribution in [2.24, 2.45) is 5.92 Å². The lowest BCUT2D eigenvalue weighted by atomic mass is 10.0. The largest absolute Gasteiger partial charge is 0.347 e. The van der Waals surface area contributed by atoms with Gasteiger partial charge in [-0.1, -0.05) is 19.9 Å². The van der Waals surface area contributed by atoms with Crippen molar-refractivity contribution in [2.75, 3.05) is 14.1 Å². The molecule has 0 spiro atoms. The molecule has 1 N–H and O–H groups in total. The minimum atomic E-state index is -0.600. The van der Waals surface area contributed by atoms with Crippen LogP contribution in [0.15, 0.2) is 18.2 Å². The molecule has 4 nitrogen and oxygen atoms in total. The number of halogens is 1. The molecule has 0 aliphatic rings. The van der Waals surface area contributed by atoms with E-state index in [0.717, 1.165) is 0 Å². The van der Waals surface area contributed by atoms with E-state index in [1.165, 1.54) is 11.0 Å². The highest BCUT2D eigenvalue weighted by atomic mass is 19.1. The maximum Gasteiger partial charge on any atom is 0.252 e. The standard InChI is InChI=1S/C16H23FN2O2/c1-10(2)8-14(16(21)19(4)5)18-15(20)12-7-6-11(3)13(17)9-12/h6-7,9-10,14H,8H2,1-5H3,(H,18,20)/t14-/m1/s1. The minimum absolute atomic E-state index is 0.162. The van der Waals surface area contributed by atoms with Crippen LogP contribution < -0.4 is 5.32 Å². The summed E-state index contributed by atoms with van der Waals surface area (Å²) in [6.45, 7) is 5.59. The number of likely N-dealkylation sites (N-methyl/N-ethyl adjacent to an activating group) is 1. The summed E-state index contributed by atoms with van der Waals surface area (Å²) in [5, 5.41) is 2.70. The third kappa shape index (κ3) is 4.85. The van der Waals surface area contributed by atoms with Gasteiger partial charge in [-0.15, -0.1) is 0 Å². The third-order valence-corrected chi connectivity index (χ3v) is 3.19. The van der Waals surface area contributed by atoms with E-state index >= 15 is 0 Å². The Morgan fingerprint density at radius 3 is 2.38 bits per heavy atom. The Balaban J connectivity index is 2.89. The van der Waals surface area contributed by atoms with E-state index in [2.05, 4.69) is 5.32 Å². The van der Waals surface area contributed by atoms with Gasteiger partial charge >= 0.3 is 0 Å². The van der Waals surface area contributed by atoms with Crippen LogP contribution in [0.5, 0.6) is 0 Å². The van der Waals surface area contributed by atoms with E-state index in [0.29, 0.717) is 12.0 Å². The molecule has 0 saturated heterocycles. The summed E-state index contributed by atoms with van der Waals surface area (Å²) in [5.41, 5.74) is 0.702. The van der Waals surface area contributed by atoms with Crippen LogP contribution in [0.25, 0.3) is 0 Å². The number of amides is 2. The highest BCUT2D eigenvalue weighted by Crippen LogP contribution is 2.11. The molecule has 0 aliphatic heterocycles. The van der Waals surface area contributed by atoms with Gasteiger partial charge in [-0.2, -0.15) is 0 Å². The maximum absolute atomic E-state index is 13.5. The zero-order chi connectivity index (χ0) is 16.2. The normalized spacial score (nSPS) is 12.1. The van der Waals surface area contributed by atoms with Crippen LogP contribution in [0.1, 0.15) is 36.2 Å². The average molecular weight is 294 g/mol. The molecule has 0 heterocycles. The zero-order valence-corrected chi connectivity index (χ0v) is 13.2. The van der Waals surface area contributed by atoms with Crippen molar-refractivity contribution in [3.63, 3.8) is 0 Å². The van der Waals surface area contributed by atoms with Crippen LogP contribution in [-0.4, -0.2) is 36.9 Å². The maximum atomic E-state index is 13.5. The molecule has 0 radical (unpaired) electrons. The predicted octanol–water partition coefficient (Wildman–Crippen LogP) is 2.37. The molecule has 21 heavy (non-hydrogen) atoms. The summed E-state index contributed by atoms with van der Waals surface area (Å²) >= 11 is 0. The second-order valence-corrected chi connectivity index (χ2v) is 5.85. The number of hydrogen-bond acceptors (Lipinski definition) is 2. The summed E-state index contributed by atoms with van der Waals surface area (Å²) < 4.78 is 13.5. The van der Waals surface area contributed by atoms with Crippen molar-refractivity contribution in [1.29, 1.82) is 0 Å². The quantitative estimate of drug-likeness (QED) is 0.906. The van der Waals surface area contributed by atoms with Gasteiger partial charge in [-0.25, -0.2) is 4.39 Å². The summed E-state index contributed by atoms with van der Waals surface area (Å²) in [7, 11) is 3.29. The van der Waals surface area contributed by atoms with Gasteiger partial charge in [-0.05, 0) is 37.0 Å². The van der Waals surface area contributed by atoms with Gasteiger partial charge in [0.15, 0.2) is 0 Å². The number of hydrogen-bond donors (Lipinski definition) is 1. The van der Waals surface area contributed by atoms with Crippen LogP contribution in [-0.2, 0) is 4.79 Å². The van der Waals surface area contributed by atoms with Crippen molar-refractivity contribution < 1.29 is 14.0 Å². The molecule has 1 aromatic carbocycles. The summed E-state index contributed by atoms with van der Waals surface area (Å²) in [6, 6.07) is 3.70. The summed E-state index contributed by atoms with van der Waals surface area (Å²) in [6.07, 6.45) is 0.539. The van der Waals surface area contributed by atoms with Crippen LogP contribution >= 0.6 is 0 Å². The Bertz CT molecular complexity index is 527. The Hall–Kier alpha value is -1.91. The average Bonchev–Trinajstić information content (AvgIpc) is 2.39. The molecule has 2 amide bonds. The van der Waals surface area contributed by atoms with Crippen LogP contribution in [0.3, 0.4) is 0 Å². The first-order valence-corrected chi connectivity index (χ1v) is 7.00. The summed E-state index contributed by atoms with van der Waals surface area (Å²) in [5.74, 6) is -0.768. The van der Waals surface area contributed by atoms with E-state index in [4.69, 9.17) is 0 Å². The lowest BCUT2D eigenvalue weighted by molar-refractivity contribution is -0.131. The van der Waals surface area contributed by atoms with Crippen molar-refractivity contribution in [3.05, 3.63) is 35.1 Å². The van der Waals surface area contributed by atoms with Crippen LogP contribution in [0.4, 0.5) is 4.39 Å². The smallest absolute Gasteiger partial charge is 0.252 e. The predicted molar refractivity (Wildman–Crippen MR) is 80.5 cm³/mol. The van der Waals surface area contributed by atoms with Crippen LogP contribution in [0.2, 0.25) is 0 Å². The van der Waals surface area contributed by atoms with Gasteiger partial charge in [0.1, 0.15) is 11.9 Å². The van der Waals surface area contributed by atoms with E-state index < -0.39 is 17.8 Å². The van der Waals surface area contributed by atoms with Gasteiger partial charge in [0.05, 0.1) is 0 Å². The SMILES string of the molecule is Cc1ccc(C(=O)N[C@H](CC(C)C)C(=O)N(C)C)cc1F. The topological polar surface area (TPSA) is 49.4 Å². The first kappa shape index (κ1) is 17.1. The second kappa shape index (κ2) is 7.20. The number of nitrogens with zero attached hydrogens (tertiary/aromatic N) is 1. The second-order valence-electron chi connectivity index (χ2n) is 5.85. The van der Waals surface area contributed by atoms with E-state index in [1.54, 1.807) is 33.2 Å². The van der Waals surface area contributed by atoms with Crippen molar-refractivity contribution in [3.8, 4) is 0 Å². The molecule has 0 aromatic heterocycles. The van der Waals surface area contributed by atoms with E-state index in [-0.39, 0.29) is 17.4 Å². The number of carbonyl (C=O) groups excluding carboxylic acids is 2. The minimum Gasteiger partial charge on any atom is -0.347 e. The lowest BCUT2D eigenvalue weighted by Crippen LogP contribution is -2.46. The highest BCUT2D eigenvalue weighted by Gasteiger charge is 2.24. The Kier molecular flexibility index (Phi) is 5.88. The Labute approximate surface area is 125 Å².